The molecule has 0 fully saturated rings. The zero-order valence-electron chi connectivity index (χ0n) is 26.6. The maximum Gasteiger partial charge on any atom is 0.333 e. The van der Waals surface area contributed by atoms with E-state index in [1.807, 2.05) is 0 Å². The zero-order chi connectivity index (χ0) is 29.7. The molecule has 0 aromatic rings. The van der Waals surface area contributed by atoms with Crippen molar-refractivity contribution in [2.75, 3.05) is 13.2 Å². The van der Waals surface area contributed by atoms with Crippen molar-refractivity contribution in [3.05, 3.63) is 11.6 Å². The molecule has 0 rings (SSSR count). The first-order chi connectivity index (χ1) is 19.4. The van der Waals surface area contributed by atoms with Gasteiger partial charge in [-0.3, -0.25) is 9.59 Å². The molecule has 40 heavy (non-hydrogen) atoms. The number of hydrogen-bond donors (Lipinski definition) is 0. The van der Waals surface area contributed by atoms with E-state index in [1.54, 1.807) is 19.9 Å². The fourth-order valence-corrected chi connectivity index (χ4v) is 4.53. The first kappa shape index (κ1) is 38.1. The van der Waals surface area contributed by atoms with Crippen LogP contribution in [0.1, 0.15) is 169 Å². The molecule has 0 saturated heterocycles. The van der Waals surface area contributed by atoms with E-state index < -0.39 is 12.1 Å². The monoisotopic (exact) mass is 566 g/mol. The molecule has 6 heteroatoms. The molecule has 0 aliphatic carbocycles. The van der Waals surface area contributed by atoms with Gasteiger partial charge in [0.15, 0.2) is 6.10 Å². The number of allylic oxidation sites excluding steroid dienone is 1. The Morgan fingerprint density at radius 1 is 0.550 bits per heavy atom. The van der Waals surface area contributed by atoms with Gasteiger partial charge >= 0.3 is 17.9 Å². The average molecular weight is 567 g/mol. The third kappa shape index (κ3) is 25.1. The Kier molecular flexibility index (Phi) is 27.3. The summed E-state index contributed by atoms with van der Waals surface area (Å²) in [5.41, 5.74) is 0.480. The SMILES string of the molecule is CC=C(C)C(=O)OCC(COC(=O)CCCCCCCCCCCCC)OC(=O)CCCCCCCCCCC. The lowest BCUT2D eigenvalue weighted by Crippen LogP contribution is -2.31. The van der Waals surface area contributed by atoms with Crippen LogP contribution in [0, 0.1) is 0 Å². The van der Waals surface area contributed by atoms with Crippen molar-refractivity contribution in [2.45, 2.75) is 175 Å². The number of carbonyl (C=O) groups excluding carboxylic acids is 3. The second-order valence-electron chi connectivity index (χ2n) is 11.2. The number of unbranched alkanes of at least 4 members (excludes halogenated alkanes) is 18. The lowest BCUT2D eigenvalue weighted by molar-refractivity contribution is -0.165. The minimum atomic E-state index is -0.791. The fourth-order valence-electron chi connectivity index (χ4n) is 4.53. The highest BCUT2D eigenvalue weighted by Crippen LogP contribution is 2.13. The van der Waals surface area contributed by atoms with E-state index in [0.717, 1.165) is 38.5 Å². The van der Waals surface area contributed by atoms with E-state index in [9.17, 15) is 14.4 Å². The van der Waals surface area contributed by atoms with E-state index in [-0.39, 0.29) is 25.2 Å². The van der Waals surface area contributed by atoms with Crippen LogP contribution in [-0.4, -0.2) is 37.2 Å². The standard InChI is InChI=1S/C34H62O6/c1-5-8-10-12-14-16-17-19-20-22-24-26-32(35)38-28-31(29-39-34(37)30(4)7-3)40-33(36)27-25-23-21-18-15-13-11-9-6-2/h7,31H,5-6,8-29H2,1-4H3. The fraction of sp³-hybridized carbons (Fsp3) is 0.853. The Morgan fingerprint density at radius 2 is 0.925 bits per heavy atom. The van der Waals surface area contributed by atoms with Gasteiger partial charge in [-0.05, 0) is 26.7 Å². The first-order valence-corrected chi connectivity index (χ1v) is 16.6. The van der Waals surface area contributed by atoms with Crippen LogP contribution in [0.15, 0.2) is 11.6 Å². The summed E-state index contributed by atoms with van der Waals surface area (Å²) < 4.78 is 16.2. The Labute approximate surface area is 246 Å². The second-order valence-corrected chi connectivity index (χ2v) is 11.2. The summed E-state index contributed by atoms with van der Waals surface area (Å²) >= 11 is 0. The van der Waals surface area contributed by atoms with Gasteiger partial charge in [0.2, 0.25) is 0 Å². The van der Waals surface area contributed by atoms with Gasteiger partial charge in [0, 0.05) is 18.4 Å². The molecule has 0 aromatic heterocycles. The number of rotatable bonds is 28. The molecule has 234 valence electrons. The average Bonchev–Trinajstić information content (AvgIpc) is 2.95. The predicted molar refractivity (Wildman–Crippen MR) is 164 cm³/mol. The summed E-state index contributed by atoms with van der Waals surface area (Å²) in [4.78, 5) is 36.7. The van der Waals surface area contributed by atoms with Gasteiger partial charge in [-0.15, -0.1) is 0 Å². The third-order valence-electron chi connectivity index (χ3n) is 7.35. The summed E-state index contributed by atoms with van der Waals surface area (Å²) in [6, 6.07) is 0. The van der Waals surface area contributed by atoms with Crippen molar-refractivity contribution in [3.63, 3.8) is 0 Å². The Morgan fingerprint density at radius 3 is 1.35 bits per heavy atom. The minimum absolute atomic E-state index is 0.0947. The molecule has 0 aliphatic heterocycles. The summed E-state index contributed by atoms with van der Waals surface area (Å²) in [5.74, 6) is -1.10. The predicted octanol–water partition coefficient (Wildman–Crippen LogP) is 9.57. The van der Waals surface area contributed by atoms with Crippen molar-refractivity contribution in [2.24, 2.45) is 0 Å². The molecule has 0 aliphatic rings. The molecular formula is C34H62O6. The van der Waals surface area contributed by atoms with Crippen molar-refractivity contribution >= 4 is 17.9 Å². The molecule has 1 unspecified atom stereocenters. The van der Waals surface area contributed by atoms with Crippen molar-refractivity contribution in [1.82, 2.24) is 0 Å². The number of hydrogen-bond acceptors (Lipinski definition) is 6. The van der Waals surface area contributed by atoms with Gasteiger partial charge in [-0.25, -0.2) is 4.79 Å². The number of carbonyl (C=O) groups is 3. The molecule has 0 heterocycles. The normalized spacial score (nSPS) is 12.2. The maximum absolute atomic E-state index is 12.4. The summed E-state index contributed by atoms with van der Waals surface area (Å²) in [5, 5.41) is 0. The van der Waals surface area contributed by atoms with Crippen LogP contribution < -0.4 is 0 Å². The van der Waals surface area contributed by atoms with Crippen molar-refractivity contribution in [3.8, 4) is 0 Å². The number of esters is 3. The van der Waals surface area contributed by atoms with Crippen molar-refractivity contribution < 1.29 is 28.6 Å². The van der Waals surface area contributed by atoms with E-state index in [0.29, 0.717) is 18.4 Å². The molecular weight excluding hydrogens is 504 g/mol. The maximum atomic E-state index is 12.4. The van der Waals surface area contributed by atoms with Crippen LogP contribution >= 0.6 is 0 Å². The summed E-state index contributed by atoms with van der Waals surface area (Å²) in [7, 11) is 0. The molecule has 0 N–H and O–H groups in total. The largest absolute Gasteiger partial charge is 0.462 e. The summed E-state index contributed by atoms with van der Waals surface area (Å²) in [6.45, 7) is 7.67. The topological polar surface area (TPSA) is 78.9 Å². The van der Waals surface area contributed by atoms with Crippen molar-refractivity contribution in [1.29, 1.82) is 0 Å². The Bertz CT molecular complexity index is 657. The molecule has 0 amide bonds. The molecule has 0 radical (unpaired) electrons. The van der Waals surface area contributed by atoms with Gasteiger partial charge in [0.25, 0.3) is 0 Å². The van der Waals surface area contributed by atoms with Crippen LogP contribution in [0.2, 0.25) is 0 Å². The van der Waals surface area contributed by atoms with E-state index >= 15 is 0 Å². The second kappa shape index (κ2) is 28.7. The zero-order valence-corrected chi connectivity index (χ0v) is 26.6. The molecule has 0 saturated carbocycles. The van der Waals surface area contributed by atoms with Crippen LogP contribution in [0.4, 0.5) is 0 Å². The smallest absolute Gasteiger partial charge is 0.333 e. The van der Waals surface area contributed by atoms with Gasteiger partial charge in [-0.2, -0.15) is 0 Å². The van der Waals surface area contributed by atoms with E-state index in [1.165, 1.54) is 89.9 Å². The van der Waals surface area contributed by atoms with Crippen LogP contribution in [-0.2, 0) is 28.6 Å². The van der Waals surface area contributed by atoms with Crippen LogP contribution in [0.5, 0.6) is 0 Å². The number of ether oxygens (including phenoxy) is 3. The van der Waals surface area contributed by atoms with E-state index in [2.05, 4.69) is 13.8 Å². The molecule has 6 nitrogen and oxygen atoms in total. The molecule has 1 atom stereocenters. The summed E-state index contributed by atoms with van der Waals surface area (Å²) in [6.07, 6.45) is 25.5. The first-order valence-electron chi connectivity index (χ1n) is 16.6. The lowest BCUT2D eigenvalue weighted by Gasteiger charge is -2.18. The Hall–Kier alpha value is -1.85. The van der Waals surface area contributed by atoms with Gasteiger partial charge in [0.05, 0.1) is 0 Å². The molecule has 0 spiro atoms. The lowest BCUT2D eigenvalue weighted by atomic mass is 10.1. The van der Waals surface area contributed by atoms with Crippen LogP contribution in [0.3, 0.4) is 0 Å². The van der Waals surface area contributed by atoms with Gasteiger partial charge in [-0.1, -0.05) is 135 Å². The third-order valence-corrected chi connectivity index (χ3v) is 7.35. The highest BCUT2D eigenvalue weighted by molar-refractivity contribution is 5.87. The quantitative estimate of drug-likeness (QED) is 0.0406. The molecule has 0 aromatic carbocycles. The highest BCUT2D eigenvalue weighted by atomic mass is 16.6. The highest BCUT2D eigenvalue weighted by Gasteiger charge is 2.19. The molecule has 0 bridgehead atoms. The van der Waals surface area contributed by atoms with E-state index in [4.69, 9.17) is 14.2 Å². The van der Waals surface area contributed by atoms with Gasteiger partial charge in [0.1, 0.15) is 13.2 Å². The van der Waals surface area contributed by atoms with Crippen LogP contribution in [0.25, 0.3) is 0 Å². The minimum Gasteiger partial charge on any atom is -0.462 e. The Balaban J connectivity index is 4.21. The van der Waals surface area contributed by atoms with Gasteiger partial charge < -0.3 is 14.2 Å².